The molecule has 0 spiro atoms. The van der Waals surface area contributed by atoms with Crippen LogP contribution in [0, 0.1) is 75.7 Å². The van der Waals surface area contributed by atoms with E-state index in [0.717, 1.165) is 11.8 Å². The van der Waals surface area contributed by atoms with Crippen molar-refractivity contribution in [1.82, 2.24) is 0 Å². The van der Waals surface area contributed by atoms with E-state index in [1.54, 1.807) is 0 Å². The SMILES string of the molecule is C1=CC2C=CC1C2.Cc1c(C)c(C)c(C)c(C)c1C.[CH3-].[CH3-].[CH3-].[Ru+3]. The summed E-state index contributed by atoms with van der Waals surface area (Å²) in [5.74, 6) is 1.62. The zero-order chi connectivity index (χ0) is 14.2. The van der Waals surface area contributed by atoms with Crippen LogP contribution < -0.4 is 0 Å². The van der Waals surface area contributed by atoms with E-state index in [4.69, 9.17) is 0 Å². The summed E-state index contributed by atoms with van der Waals surface area (Å²) in [7, 11) is 0. The normalized spacial score (nSPS) is 18.7. The van der Waals surface area contributed by atoms with Gasteiger partial charge in [0, 0.05) is 0 Å². The molecule has 1 heteroatoms. The van der Waals surface area contributed by atoms with Gasteiger partial charge < -0.3 is 22.3 Å². The van der Waals surface area contributed by atoms with Gasteiger partial charge in [-0.1, -0.05) is 24.3 Å². The Bertz CT molecular complexity index is 417. The van der Waals surface area contributed by atoms with E-state index >= 15 is 0 Å². The number of hydrogen-bond donors (Lipinski definition) is 0. The van der Waals surface area contributed by atoms with E-state index in [1.165, 1.54) is 39.8 Å². The first-order chi connectivity index (χ1) is 8.91. The third kappa shape index (κ3) is 5.72. The van der Waals surface area contributed by atoms with Gasteiger partial charge in [-0.3, -0.25) is 0 Å². The van der Waals surface area contributed by atoms with E-state index in [0.29, 0.717) is 0 Å². The molecule has 0 aliphatic heterocycles. The van der Waals surface area contributed by atoms with Gasteiger partial charge in [0.15, 0.2) is 0 Å². The molecule has 0 saturated carbocycles. The first-order valence-corrected chi connectivity index (χ1v) is 7.32. The topological polar surface area (TPSA) is 0 Å². The van der Waals surface area contributed by atoms with Crippen molar-refractivity contribution in [3.63, 3.8) is 0 Å². The van der Waals surface area contributed by atoms with Crippen LogP contribution in [-0.2, 0) is 19.5 Å². The molecule has 2 bridgehead atoms. The summed E-state index contributed by atoms with van der Waals surface area (Å²) in [5, 5.41) is 0. The van der Waals surface area contributed by atoms with Crippen LogP contribution >= 0.6 is 0 Å². The van der Waals surface area contributed by atoms with Crippen LogP contribution in [0.1, 0.15) is 39.8 Å². The third-order valence-corrected chi connectivity index (χ3v) is 5.13. The van der Waals surface area contributed by atoms with Gasteiger partial charge in [0.05, 0.1) is 0 Å². The summed E-state index contributed by atoms with van der Waals surface area (Å²) in [6, 6.07) is 0. The van der Waals surface area contributed by atoms with Crippen molar-refractivity contribution >= 4 is 0 Å². The van der Waals surface area contributed by atoms with Gasteiger partial charge in [-0.25, -0.2) is 0 Å². The molecule has 0 saturated heterocycles. The van der Waals surface area contributed by atoms with Gasteiger partial charge in [-0.15, -0.1) is 0 Å². The van der Waals surface area contributed by atoms with Crippen LogP contribution in [0.5, 0.6) is 0 Å². The van der Waals surface area contributed by atoms with Gasteiger partial charge in [-0.05, 0) is 93.2 Å². The van der Waals surface area contributed by atoms with Crippen LogP contribution in [0.3, 0.4) is 0 Å². The molecule has 0 heterocycles. The molecule has 0 atom stereocenters. The van der Waals surface area contributed by atoms with Gasteiger partial charge in [0.25, 0.3) is 0 Å². The predicted octanol–water partition coefficient (Wildman–Crippen LogP) is 6.63. The smallest absolute Gasteiger partial charge is 0.358 e. The Morgan fingerprint density at radius 2 is 0.696 bits per heavy atom. The maximum absolute atomic E-state index is 2.30. The zero-order valence-corrected chi connectivity index (χ0v) is 18.3. The molecule has 131 valence electrons. The van der Waals surface area contributed by atoms with E-state index < -0.39 is 0 Å². The van der Waals surface area contributed by atoms with Crippen molar-refractivity contribution in [1.29, 1.82) is 0 Å². The predicted molar refractivity (Wildman–Crippen MR) is 104 cm³/mol. The quantitative estimate of drug-likeness (QED) is 0.260. The van der Waals surface area contributed by atoms with E-state index in [2.05, 4.69) is 65.8 Å². The summed E-state index contributed by atoms with van der Waals surface area (Å²) in [6.45, 7) is 13.3. The molecule has 0 nitrogen and oxygen atoms in total. The van der Waals surface area contributed by atoms with Gasteiger partial charge in [-0.2, -0.15) is 0 Å². The summed E-state index contributed by atoms with van der Waals surface area (Å²) < 4.78 is 0. The minimum absolute atomic E-state index is 0. The van der Waals surface area contributed by atoms with Crippen LogP contribution in [0.2, 0.25) is 0 Å². The second kappa shape index (κ2) is 11.0. The Hall–Kier alpha value is -0.677. The van der Waals surface area contributed by atoms with Crippen LogP contribution in [0.25, 0.3) is 0 Å². The molecule has 23 heavy (non-hydrogen) atoms. The van der Waals surface area contributed by atoms with Crippen molar-refractivity contribution in [2.45, 2.75) is 48.0 Å². The molecule has 2 aliphatic rings. The minimum Gasteiger partial charge on any atom is -0.358 e. The fraction of sp³-hybridized carbons (Fsp3) is 0.409. The Morgan fingerprint density at radius 3 is 0.783 bits per heavy atom. The van der Waals surface area contributed by atoms with Crippen molar-refractivity contribution in [2.75, 3.05) is 0 Å². The number of hydrogen-bond acceptors (Lipinski definition) is 0. The number of fused-ring (bicyclic) bond motifs is 2. The molecule has 0 aromatic heterocycles. The van der Waals surface area contributed by atoms with E-state index in [1.807, 2.05) is 0 Å². The summed E-state index contributed by atoms with van der Waals surface area (Å²) in [4.78, 5) is 0. The Balaban J connectivity index is -0.000000318. The zero-order valence-electron chi connectivity index (χ0n) is 16.5. The Labute approximate surface area is 159 Å². The van der Waals surface area contributed by atoms with Crippen molar-refractivity contribution in [3.05, 3.63) is 80.0 Å². The fourth-order valence-corrected chi connectivity index (χ4v) is 3.02. The average Bonchev–Trinajstić information content (AvgIpc) is 3.06. The van der Waals surface area contributed by atoms with Crippen LogP contribution in [0.4, 0.5) is 0 Å². The molecule has 0 amide bonds. The van der Waals surface area contributed by atoms with Crippen LogP contribution in [-0.4, -0.2) is 0 Å². The average molecular weight is 401 g/mol. The van der Waals surface area contributed by atoms with Gasteiger partial charge >= 0.3 is 19.5 Å². The second-order valence-corrected chi connectivity index (χ2v) is 6.08. The van der Waals surface area contributed by atoms with Gasteiger partial charge in [0.2, 0.25) is 0 Å². The van der Waals surface area contributed by atoms with Crippen molar-refractivity contribution < 1.29 is 19.5 Å². The first kappa shape index (κ1) is 27.2. The largest absolute Gasteiger partial charge is 3.00 e. The molecule has 0 fully saturated rings. The molecule has 1 aromatic rings. The molecule has 0 unspecified atom stereocenters. The number of rotatable bonds is 0. The maximum atomic E-state index is 2.30. The molecule has 0 N–H and O–H groups in total. The van der Waals surface area contributed by atoms with Crippen LogP contribution in [0.15, 0.2) is 24.3 Å². The molecular formula is C22H35Ru. The van der Waals surface area contributed by atoms with Crippen molar-refractivity contribution in [2.24, 2.45) is 11.8 Å². The molecule has 1 aromatic carbocycles. The molecular weight excluding hydrogens is 365 g/mol. The van der Waals surface area contributed by atoms with E-state index in [9.17, 15) is 0 Å². The Morgan fingerprint density at radius 1 is 0.522 bits per heavy atom. The maximum Gasteiger partial charge on any atom is 3.00 e. The molecule has 1 radical (unpaired) electrons. The minimum atomic E-state index is 0. The summed E-state index contributed by atoms with van der Waals surface area (Å²) in [6.07, 6.45) is 10.5. The Kier molecular flexibility index (Phi) is 13.0. The monoisotopic (exact) mass is 401 g/mol. The van der Waals surface area contributed by atoms with Gasteiger partial charge in [0.1, 0.15) is 0 Å². The standard InChI is InChI=1S/C12H18.C7H8.3CH3.Ru/c1-7-8(2)10(4)12(6)11(5)9(7)3;1-2-7-4-3-6(1)5-7;;;;/h1-6H3;1-4,6-7H,5H2;3*1H3;/q;;3*-1;+3. The molecule has 3 rings (SSSR count). The third-order valence-electron chi connectivity index (χ3n) is 5.13. The first-order valence-electron chi connectivity index (χ1n) is 7.32. The van der Waals surface area contributed by atoms with E-state index in [-0.39, 0.29) is 41.8 Å². The number of benzene rings is 1. The summed E-state index contributed by atoms with van der Waals surface area (Å²) >= 11 is 0. The molecule has 2 aliphatic carbocycles. The summed E-state index contributed by atoms with van der Waals surface area (Å²) in [5.41, 5.74) is 8.73. The fourth-order valence-electron chi connectivity index (χ4n) is 3.02. The second-order valence-electron chi connectivity index (χ2n) is 6.08. The number of allylic oxidation sites excluding steroid dienone is 4. The van der Waals surface area contributed by atoms with Crippen molar-refractivity contribution in [3.8, 4) is 0 Å².